The molecule has 5 nitrogen and oxygen atoms in total. The first kappa shape index (κ1) is 13.1. The van der Waals surface area contributed by atoms with Crippen LogP contribution >= 0.6 is 0 Å². The van der Waals surface area contributed by atoms with Crippen molar-refractivity contribution in [2.24, 2.45) is 12.5 Å². The summed E-state index contributed by atoms with van der Waals surface area (Å²) < 4.78 is 1.87. The first-order chi connectivity index (χ1) is 8.57. The van der Waals surface area contributed by atoms with Crippen LogP contribution in [0.25, 0.3) is 0 Å². The van der Waals surface area contributed by atoms with E-state index in [4.69, 9.17) is 0 Å². The fourth-order valence-electron chi connectivity index (χ4n) is 2.64. The molecule has 0 unspecified atom stereocenters. The number of carboxylic acid groups (broad SMARTS) is 1. The maximum Gasteiger partial charge on any atom is 0.309 e. The van der Waals surface area contributed by atoms with E-state index < -0.39 is 11.4 Å². The average Bonchev–Trinajstić information content (AvgIpc) is 2.76. The molecule has 0 spiro atoms. The summed E-state index contributed by atoms with van der Waals surface area (Å²) in [5, 5.41) is 13.5. The van der Waals surface area contributed by atoms with Crippen molar-refractivity contribution >= 4 is 5.97 Å². The largest absolute Gasteiger partial charge is 0.481 e. The number of carboxylic acids is 1. The number of carbonyl (C=O) groups is 1. The molecule has 0 radical (unpaired) electrons. The van der Waals surface area contributed by atoms with Gasteiger partial charge in [-0.15, -0.1) is 0 Å². The van der Waals surface area contributed by atoms with Gasteiger partial charge in [-0.05, 0) is 38.4 Å². The van der Waals surface area contributed by atoms with E-state index in [1.54, 1.807) is 6.20 Å². The number of aromatic nitrogens is 2. The summed E-state index contributed by atoms with van der Waals surface area (Å²) in [6.07, 6.45) is 4.02. The average molecular weight is 251 g/mol. The Balaban J connectivity index is 1.94. The summed E-state index contributed by atoms with van der Waals surface area (Å²) in [6, 6.07) is 2.01. The fourth-order valence-corrected chi connectivity index (χ4v) is 2.64. The van der Waals surface area contributed by atoms with Gasteiger partial charge in [-0.1, -0.05) is 6.92 Å². The van der Waals surface area contributed by atoms with Crippen LogP contribution in [0.5, 0.6) is 0 Å². The van der Waals surface area contributed by atoms with Gasteiger partial charge in [0.2, 0.25) is 0 Å². The summed E-state index contributed by atoms with van der Waals surface area (Å²) in [6.45, 7) is 4.54. The van der Waals surface area contributed by atoms with E-state index in [-0.39, 0.29) is 0 Å². The summed E-state index contributed by atoms with van der Waals surface area (Å²) in [5.41, 5.74) is 0.678. The molecular weight excluding hydrogens is 230 g/mol. The maximum atomic E-state index is 11.4. The van der Waals surface area contributed by atoms with Crippen LogP contribution in [-0.2, 0) is 18.4 Å². The second-order valence-electron chi connectivity index (χ2n) is 5.16. The Morgan fingerprint density at radius 2 is 2.17 bits per heavy atom. The summed E-state index contributed by atoms with van der Waals surface area (Å²) in [7, 11) is 1.94. The second kappa shape index (κ2) is 5.10. The van der Waals surface area contributed by atoms with E-state index in [9.17, 15) is 9.90 Å². The Bertz CT molecular complexity index is 420. The normalized spacial score (nSPS) is 19.9. The van der Waals surface area contributed by atoms with Crippen LogP contribution in [0, 0.1) is 5.41 Å². The van der Waals surface area contributed by atoms with E-state index in [1.165, 1.54) is 5.69 Å². The lowest BCUT2D eigenvalue weighted by molar-refractivity contribution is -0.152. The Hall–Kier alpha value is -1.36. The Morgan fingerprint density at radius 1 is 1.50 bits per heavy atom. The van der Waals surface area contributed by atoms with Crippen molar-refractivity contribution in [3.05, 3.63) is 18.0 Å². The molecule has 1 aliphatic rings. The standard InChI is InChI=1S/C13H21N3O2/c1-3-13(12(17)18)5-8-16(9-6-13)10-11-4-7-14-15(11)2/h4,7H,3,5-6,8-10H2,1-2H3,(H,17,18). The van der Waals surface area contributed by atoms with E-state index in [0.717, 1.165) is 38.9 Å². The molecule has 0 aliphatic carbocycles. The summed E-state index contributed by atoms with van der Waals surface area (Å²) >= 11 is 0. The third-order valence-corrected chi connectivity index (χ3v) is 4.25. The molecule has 0 bridgehead atoms. The minimum atomic E-state index is -0.634. The second-order valence-corrected chi connectivity index (χ2v) is 5.16. The highest BCUT2D eigenvalue weighted by Crippen LogP contribution is 2.35. The van der Waals surface area contributed by atoms with Gasteiger partial charge >= 0.3 is 5.97 Å². The van der Waals surface area contributed by atoms with Crippen LogP contribution in [0.2, 0.25) is 0 Å². The molecule has 2 heterocycles. The number of piperidine rings is 1. The number of rotatable bonds is 4. The van der Waals surface area contributed by atoms with E-state index in [2.05, 4.69) is 10.00 Å². The van der Waals surface area contributed by atoms with Gasteiger partial charge in [-0.3, -0.25) is 14.4 Å². The topological polar surface area (TPSA) is 58.4 Å². The van der Waals surface area contributed by atoms with Crippen molar-refractivity contribution in [2.75, 3.05) is 13.1 Å². The van der Waals surface area contributed by atoms with Crippen LogP contribution in [0.15, 0.2) is 12.3 Å². The van der Waals surface area contributed by atoms with Gasteiger partial charge in [-0.25, -0.2) is 0 Å². The zero-order chi connectivity index (χ0) is 13.2. The smallest absolute Gasteiger partial charge is 0.309 e. The van der Waals surface area contributed by atoms with Crippen molar-refractivity contribution in [3.8, 4) is 0 Å². The lowest BCUT2D eigenvalue weighted by Crippen LogP contribution is -2.43. The van der Waals surface area contributed by atoms with Crippen molar-refractivity contribution in [2.45, 2.75) is 32.7 Å². The first-order valence-electron chi connectivity index (χ1n) is 6.50. The van der Waals surface area contributed by atoms with Crippen LogP contribution in [0.3, 0.4) is 0 Å². The zero-order valence-electron chi connectivity index (χ0n) is 11.1. The highest BCUT2D eigenvalue weighted by Gasteiger charge is 2.39. The fraction of sp³-hybridized carbons (Fsp3) is 0.692. The van der Waals surface area contributed by atoms with Gasteiger partial charge in [0.15, 0.2) is 0 Å². The Labute approximate surface area is 107 Å². The zero-order valence-corrected chi connectivity index (χ0v) is 11.1. The van der Waals surface area contributed by atoms with Gasteiger partial charge in [0, 0.05) is 19.8 Å². The first-order valence-corrected chi connectivity index (χ1v) is 6.50. The minimum absolute atomic E-state index is 0.497. The van der Waals surface area contributed by atoms with Gasteiger partial charge in [0.25, 0.3) is 0 Å². The number of nitrogens with zero attached hydrogens (tertiary/aromatic N) is 3. The molecule has 0 atom stereocenters. The number of hydrogen-bond acceptors (Lipinski definition) is 3. The lowest BCUT2D eigenvalue weighted by Gasteiger charge is -2.38. The van der Waals surface area contributed by atoms with Crippen molar-refractivity contribution in [1.29, 1.82) is 0 Å². The maximum absolute atomic E-state index is 11.4. The van der Waals surface area contributed by atoms with E-state index in [1.807, 2.05) is 24.7 Å². The van der Waals surface area contributed by atoms with Gasteiger partial charge < -0.3 is 5.11 Å². The molecule has 1 aromatic heterocycles. The Morgan fingerprint density at radius 3 is 2.61 bits per heavy atom. The van der Waals surface area contributed by atoms with Crippen molar-refractivity contribution in [3.63, 3.8) is 0 Å². The van der Waals surface area contributed by atoms with Crippen LogP contribution < -0.4 is 0 Å². The molecule has 1 saturated heterocycles. The molecule has 18 heavy (non-hydrogen) atoms. The number of hydrogen-bond donors (Lipinski definition) is 1. The van der Waals surface area contributed by atoms with Gasteiger partial charge in [0.1, 0.15) is 0 Å². The predicted octanol–water partition coefficient (Wildman–Crippen LogP) is 1.50. The molecule has 1 aliphatic heterocycles. The predicted molar refractivity (Wildman–Crippen MR) is 68.1 cm³/mol. The molecule has 1 fully saturated rings. The minimum Gasteiger partial charge on any atom is -0.481 e. The highest BCUT2D eigenvalue weighted by molar-refractivity contribution is 5.74. The highest BCUT2D eigenvalue weighted by atomic mass is 16.4. The third kappa shape index (κ3) is 2.41. The van der Waals surface area contributed by atoms with E-state index >= 15 is 0 Å². The molecule has 0 amide bonds. The number of aryl methyl sites for hydroxylation is 1. The molecule has 0 aromatic carbocycles. The third-order valence-electron chi connectivity index (χ3n) is 4.25. The van der Waals surface area contributed by atoms with Crippen molar-refractivity contribution < 1.29 is 9.90 Å². The molecule has 1 N–H and O–H groups in total. The molecule has 2 rings (SSSR count). The molecule has 1 aromatic rings. The van der Waals surface area contributed by atoms with Crippen LogP contribution in [0.4, 0.5) is 0 Å². The summed E-state index contributed by atoms with van der Waals surface area (Å²) in [5.74, 6) is -0.634. The summed E-state index contributed by atoms with van der Waals surface area (Å²) in [4.78, 5) is 13.7. The number of likely N-dealkylation sites (tertiary alicyclic amines) is 1. The van der Waals surface area contributed by atoms with Gasteiger partial charge in [-0.2, -0.15) is 5.10 Å². The lowest BCUT2D eigenvalue weighted by atomic mass is 9.76. The van der Waals surface area contributed by atoms with Crippen LogP contribution in [0.1, 0.15) is 31.9 Å². The van der Waals surface area contributed by atoms with Gasteiger partial charge in [0.05, 0.1) is 11.1 Å². The SMILES string of the molecule is CCC1(C(=O)O)CCN(Cc2ccnn2C)CC1. The monoisotopic (exact) mass is 251 g/mol. The quantitative estimate of drug-likeness (QED) is 0.881. The van der Waals surface area contributed by atoms with Crippen LogP contribution in [-0.4, -0.2) is 38.8 Å². The molecule has 5 heteroatoms. The van der Waals surface area contributed by atoms with E-state index in [0.29, 0.717) is 0 Å². The molecular formula is C13H21N3O2. The Kier molecular flexibility index (Phi) is 3.71. The molecule has 0 saturated carbocycles. The number of aliphatic carboxylic acids is 1. The van der Waals surface area contributed by atoms with Crippen molar-refractivity contribution in [1.82, 2.24) is 14.7 Å². The molecule has 100 valence electrons.